The Morgan fingerprint density at radius 3 is 2.32 bits per heavy atom. The molecule has 2 fully saturated rings. The molecule has 3 N–H and O–H groups in total. The van der Waals surface area contributed by atoms with Gasteiger partial charge in [0.25, 0.3) is 0 Å². The van der Waals surface area contributed by atoms with Gasteiger partial charge in [-0.1, -0.05) is 37.1 Å². The van der Waals surface area contributed by atoms with Gasteiger partial charge in [0.1, 0.15) is 0 Å². The number of carbonyl (C=O) groups excluding carboxylic acids is 2. The molecule has 37 heavy (non-hydrogen) atoms. The van der Waals surface area contributed by atoms with Crippen LogP contribution in [0.2, 0.25) is 0 Å². The van der Waals surface area contributed by atoms with Crippen LogP contribution in [0.5, 0.6) is 0 Å². The Kier molecular flexibility index (Phi) is 9.28. The van der Waals surface area contributed by atoms with Crippen LogP contribution in [0.1, 0.15) is 56.9 Å². The summed E-state index contributed by atoms with van der Waals surface area (Å²) in [4.78, 5) is 29.0. The van der Waals surface area contributed by atoms with E-state index in [1.165, 1.54) is 27.1 Å². The fourth-order valence-corrected chi connectivity index (χ4v) is 5.48. The van der Waals surface area contributed by atoms with Gasteiger partial charge in [-0.2, -0.15) is 0 Å². The summed E-state index contributed by atoms with van der Waals surface area (Å²) in [6, 6.07) is 14.7. The molecule has 200 valence electrons. The number of methoxy groups -OCH3 is 2. The Balaban J connectivity index is 1.59. The summed E-state index contributed by atoms with van der Waals surface area (Å²) in [6.07, 6.45) is 7.56. The summed E-state index contributed by atoms with van der Waals surface area (Å²) in [5, 5.41) is 2.92. The molecule has 8 nitrogen and oxygen atoms in total. The number of amides is 2. The predicted molar refractivity (Wildman–Crippen MR) is 147 cm³/mol. The third-order valence-electron chi connectivity index (χ3n) is 7.57. The molecule has 0 atom stereocenters. The van der Waals surface area contributed by atoms with Crippen molar-refractivity contribution in [3.8, 4) is 11.1 Å². The number of hydrogen-bond acceptors (Lipinski definition) is 6. The van der Waals surface area contributed by atoms with E-state index in [0.717, 1.165) is 79.7 Å². The van der Waals surface area contributed by atoms with Gasteiger partial charge in [-0.25, -0.2) is 9.59 Å². The van der Waals surface area contributed by atoms with Crippen LogP contribution in [-0.2, 0) is 16.0 Å². The second-order valence-electron chi connectivity index (χ2n) is 10.1. The number of benzene rings is 2. The standard InChI is InChI=1S/C29H40N4O4/c1-36-28(34)31-26-19-23(10-15-27(26)32-16-5-3-4-6-17-32)22-9-7-8-21(18-22)20-33(29(35)37-2)25-13-11-24(30)12-14-25/h7-10,15,18-19,24-25H,3-6,11-14,16-17,20,30H2,1-2H3,(H,31,34). The quantitative estimate of drug-likeness (QED) is 0.516. The Bertz CT molecular complexity index is 1060. The second-order valence-corrected chi connectivity index (χ2v) is 10.1. The SMILES string of the molecule is COC(=O)Nc1cc(-c2cccc(CN(C(=O)OC)C3CCC(N)CC3)c2)ccc1N1CCCCCC1. The molecule has 1 aliphatic carbocycles. The highest BCUT2D eigenvalue weighted by Crippen LogP contribution is 2.34. The van der Waals surface area contributed by atoms with Crippen LogP contribution in [0, 0.1) is 0 Å². The summed E-state index contributed by atoms with van der Waals surface area (Å²) in [7, 11) is 2.81. The number of anilines is 2. The Labute approximate surface area is 220 Å². The summed E-state index contributed by atoms with van der Waals surface area (Å²) in [6.45, 7) is 2.42. The lowest BCUT2D eigenvalue weighted by Gasteiger charge is -2.35. The van der Waals surface area contributed by atoms with Crippen molar-refractivity contribution in [1.29, 1.82) is 0 Å². The van der Waals surface area contributed by atoms with E-state index >= 15 is 0 Å². The first-order chi connectivity index (χ1) is 18.0. The maximum Gasteiger partial charge on any atom is 0.411 e. The number of nitrogens with zero attached hydrogens (tertiary/aromatic N) is 2. The van der Waals surface area contributed by atoms with E-state index < -0.39 is 6.09 Å². The van der Waals surface area contributed by atoms with Crippen molar-refractivity contribution in [3.63, 3.8) is 0 Å². The molecular formula is C29H40N4O4. The normalized spacial score (nSPS) is 20.0. The van der Waals surface area contributed by atoms with E-state index in [1.807, 2.05) is 23.1 Å². The van der Waals surface area contributed by atoms with Crippen molar-refractivity contribution in [2.45, 2.75) is 70.0 Å². The molecule has 2 aromatic rings. The molecule has 2 amide bonds. The fraction of sp³-hybridized carbons (Fsp3) is 0.517. The van der Waals surface area contributed by atoms with Crippen LogP contribution in [0.4, 0.5) is 21.0 Å². The highest BCUT2D eigenvalue weighted by atomic mass is 16.5. The zero-order chi connectivity index (χ0) is 26.2. The first-order valence-electron chi connectivity index (χ1n) is 13.4. The first kappa shape index (κ1) is 26.8. The molecular weight excluding hydrogens is 468 g/mol. The molecule has 2 aliphatic rings. The molecule has 0 unspecified atom stereocenters. The van der Waals surface area contributed by atoms with Gasteiger partial charge >= 0.3 is 12.2 Å². The molecule has 1 heterocycles. The molecule has 0 bridgehead atoms. The molecule has 1 aliphatic heterocycles. The van der Waals surface area contributed by atoms with Crippen LogP contribution < -0.4 is 16.0 Å². The average molecular weight is 509 g/mol. The fourth-order valence-electron chi connectivity index (χ4n) is 5.48. The number of rotatable bonds is 6. The number of nitrogens with two attached hydrogens (primary N) is 1. The smallest absolute Gasteiger partial charge is 0.411 e. The topological polar surface area (TPSA) is 97.1 Å². The lowest BCUT2D eigenvalue weighted by Crippen LogP contribution is -2.43. The minimum absolute atomic E-state index is 0.125. The van der Waals surface area contributed by atoms with Crippen LogP contribution >= 0.6 is 0 Å². The molecule has 0 aromatic heterocycles. The van der Waals surface area contributed by atoms with E-state index in [9.17, 15) is 9.59 Å². The van der Waals surface area contributed by atoms with Crippen molar-refractivity contribution in [2.75, 3.05) is 37.5 Å². The summed E-state index contributed by atoms with van der Waals surface area (Å²) >= 11 is 0. The predicted octanol–water partition coefficient (Wildman–Crippen LogP) is 5.75. The maximum atomic E-state index is 12.7. The Morgan fingerprint density at radius 1 is 0.946 bits per heavy atom. The number of ether oxygens (including phenoxy) is 2. The third-order valence-corrected chi connectivity index (χ3v) is 7.57. The largest absolute Gasteiger partial charge is 0.453 e. The average Bonchev–Trinajstić information content (AvgIpc) is 3.21. The van der Waals surface area contributed by atoms with E-state index in [2.05, 4.69) is 34.5 Å². The van der Waals surface area contributed by atoms with Crippen molar-refractivity contribution < 1.29 is 19.1 Å². The summed E-state index contributed by atoms with van der Waals surface area (Å²) < 4.78 is 10.0. The molecule has 1 saturated carbocycles. The maximum absolute atomic E-state index is 12.7. The highest BCUT2D eigenvalue weighted by Gasteiger charge is 2.28. The van der Waals surface area contributed by atoms with Crippen LogP contribution in [-0.4, -0.2) is 56.5 Å². The molecule has 2 aromatic carbocycles. The minimum atomic E-state index is -0.483. The van der Waals surface area contributed by atoms with Crippen LogP contribution in [0.25, 0.3) is 11.1 Å². The summed E-state index contributed by atoms with van der Waals surface area (Å²) in [5.41, 5.74) is 10.9. The van der Waals surface area contributed by atoms with Gasteiger partial charge in [0, 0.05) is 31.7 Å². The number of carbonyl (C=O) groups is 2. The van der Waals surface area contributed by atoms with Gasteiger partial charge < -0.3 is 25.0 Å². The van der Waals surface area contributed by atoms with E-state index in [4.69, 9.17) is 15.2 Å². The second kappa shape index (κ2) is 12.8. The zero-order valence-corrected chi connectivity index (χ0v) is 22.1. The monoisotopic (exact) mass is 508 g/mol. The van der Waals surface area contributed by atoms with Gasteiger partial charge in [0.05, 0.1) is 25.6 Å². The molecule has 4 rings (SSSR count). The van der Waals surface area contributed by atoms with Crippen molar-refractivity contribution in [3.05, 3.63) is 48.0 Å². The van der Waals surface area contributed by atoms with E-state index in [1.54, 1.807) is 0 Å². The zero-order valence-electron chi connectivity index (χ0n) is 22.1. The van der Waals surface area contributed by atoms with Crippen molar-refractivity contribution in [1.82, 2.24) is 4.90 Å². The van der Waals surface area contributed by atoms with Gasteiger partial charge in [0.15, 0.2) is 0 Å². The molecule has 0 radical (unpaired) electrons. The van der Waals surface area contributed by atoms with Gasteiger partial charge in [-0.15, -0.1) is 0 Å². The Hall–Kier alpha value is -3.26. The summed E-state index contributed by atoms with van der Waals surface area (Å²) in [5.74, 6) is 0. The first-order valence-corrected chi connectivity index (χ1v) is 13.4. The Morgan fingerprint density at radius 2 is 1.65 bits per heavy atom. The van der Waals surface area contributed by atoms with Crippen molar-refractivity contribution >= 4 is 23.6 Å². The van der Waals surface area contributed by atoms with Crippen LogP contribution in [0.3, 0.4) is 0 Å². The highest BCUT2D eigenvalue weighted by molar-refractivity contribution is 5.91. The molecule has 1 saturated heterocycles. The lowest BCUT2D eigenvalue weighted by molar-refractivity contribution is 0.0879. The third kappa shape index (κ3) is 6.95. The van der Waals surface area contributed by atoms with Crippen LogP contribution in [0.15, 0.2) is 42.5 Å². The van der Waals surface area contributed by atoms with Gasteiger partial charge in [-0.3, -0.25) is 5.32 Å². The number of nitrogens with one attached hydrogen (secondary N) is 1. The molecule has 8 heteroatoms. The van der Waals surface area contributed by atoms with E-state index in [0.29, 0.717) is 6.54 Å². The minimum Gasteiger partial charge on any atom is -0.453 e. The van der Waals surface area contributed by atoms with Gasteiger partial charge in [0.2, 0.25) is 0 Å². The van der Waals surface area contributed by atoms with Crippen molar-refractivity contribution in [2.24, 2.45) is 5.73 Å². The van der Waals surface area contributed by atoms with Gasteiger partial charge in [-0.05, 0) is 73.4 Å². The molecule has 0 spiro atoms. The lowest BCUT2D eigenvalue weighted by atomic mass is 9.90. The number of hydrogen-bond donors (Lipinski definition) is 2. The van der Waals surface area contributed by atoms with E-state index in [-0.39, 0.29) is 18.2 Å².